The number of aryl methyl sites for hydroxylation is 1. The van der Waals surface area contributed by atoms with E-state index in [-0.39, 0.29) is 11.5 Å². The molecule has 0 atom stereocenters. The highest BCUT2D eigenvalue weighted by Gasteiger charge is 2.12. The van der Waals surface area contributed by atoms with Gasteiger partial charge in [0.2, 0.25) is 5.91 Å². The highest BCUT2D eigenvalue weighted by atomic mass is 32.1. The lowest BCUT2D eigenvalue weighted by molar-refractivity contribution is -0.115. The van der Waals surface area contributed by atoms with E-state index in [4.69, 9.17) is 4.74 Å². The summed E-state index contributed by atoms with van der Waals surface area (Å²) >= 11 is 1.54. The largest absolute Gasteiger partial charge is 0.497 e. The van der Waals surface area contributed by atoms with Gasteiger partial charge in [-0.25, -0.2) is 4.98 Å². The number of hydrogen-bond acceptors (Lipinski definition) is 5. The first-order valence-electron chi connectivity index (χ1n) is 9.05. The van der Waals surface area contributed by atoms with Crippen molar-refractivity contribution in [1.82, 2.24) is 9.55 Å². The predicted octanol–water partition coefficient (Wildman–Crippen LogP) is 3.95. The van der Waals surface area contributed by atoms with Gasteiger partial charge in [0.15, 0.2) is 0 Å². The maximum atomic E-state index is 13.2. The molecule has 2 aromatic carbocycles. The lowest BCUT2D eigenvalue weighted by atomic mass is 10.2. The summed E-state index contributed by atoms with van der Waals surface area (Å²) in [4.78, 5) is 31.0. The molecule has 7 heteroatoms. The lowest BCUT2D eigenvalue weighted by Crippen LogP contribution is -2.22. The van der Waals surface area contributed by atoms with Crippen molar-refractivity contribution in [2.24, 2.45) is 0 Å². The molecule has 0 aliphatic carbocycles. The summed E-state index contributed by atoms with van der Waals surface area (Å²) in [7, 11) is 1.60. The fraction of sp³-hybridized carbons (Fsp3) is 0.136. The van der Waals surface area contributed by atoms with Gasteiger partial charge < -0.3 is 10.1 Å². The van der Waals surface area contributed by atoms with Crippen molar-refractivity contribution < 1.29 is 9.53 Å². The third-order valence-electron chi connectivity index (χ3n) is 4.57. The van der Waals surface area contributed by atoms with Crippen molar-refractivity contribution in [1.29, 1.82) is 0 Å². The average molecular weight is 405 g/mol. The number of methoxy groups -OCH3 is 1. The molecule has 0 bridgehead atoms. The number of carbonyl (C=O) groups excluding carboxylic acids is 1. The van der Waals surface area contributed by atoms with Gasteiger partial charge in [-0.1, -0.05) is 6.07 Å². The minimum atomic E-state index is -0.188. The van der Waals surface area contributed by atoms with E-state index in [9.17, 15) is 9.59 Å². The normalized spacial score (nSPS) is 10.8. The van der Waals surface area contributed by atoms with Crippen LogP contribution in [0.5, 0.6) is 5.75 Å². The van der Waals surface area contributed by atoms with Gasteiger partial charge in [-0.05, 0) is 60.8 Å². The third kappa shape index (κ3) is 3.90. The van der Waals surface area contributed by atoms with Crippen molar-refractivity contribution in [2.75, 3.05) is 12.4 Å². The SMILES string of the molecule is COc1ccc(-n2c(C)nc3ccc(NC(=O)Cc4cccs4)cc3c2=O)cc1. The quantitative estimate of drug-likeness (QED) is 0.546. The van der Waals surface area contributed by atoms with Crippen molar-refractivity contribution in [3.8, 4) is 11.4 Å². The lowest BCUT2D eigenvalue weighted by Gasteiger charge is -2.12. The third-order valence-corrected chi connectivity index (χ3v) is 5.44. The predicted molar refractivity (Wildman–Crippen MR) is 115 cm³/mol. The summed E-state index contributed by atoms with van der Waals surface area (Å²) in [5.41, 5.74) is 1.68. The Hall–Kier alpha value is -3.45. The molecule has 1 N–H and O–H groups in total. The number of thiophene rings is 1. The van der Waals surface area contributed by atoms with Gasteiger partial charge in [-0.2, -0.15) is 0 Å². The van der Waals surface area contributed by atoms with E-state index in [0.717, 1.165) is 4.88 Å². The molecule has 0 saturated heterocycles. The first-order valence-corrected chi connectivity index (χ1v) is 9.93. The van der Waals surface area contributed by atoms with E-state index < -0.39 is 0 Å². The van der Waals surface area contributed by atoms with Crippen LogP contribution in [0.4, 0.5) is 5.69 Å². The van der Waals surface area contributed by atoms with Gasteiger partial charge in [-0.15, -0.1) is 11.3 Å². The Morgan fingerprint density at radius 1 is 1.17 bits per heavy atom. The molecule has 2 heterocycles. The first kappa shape index (κ1) is 18.9. The Balaban J connectivity index is 1.69. The highest BCUT2D eigenvalue weighted by Crippen LogP contribution is 2.19. The Kier molecular flexibility index (Phi) is 5.14. The van der Waals surface area contributed by atoms with Crippen molar-refractivity contribution in [3.63, 3.8) is 0 Å². The molecule has 29 heavy (non-hydrogen) atoms. The van der Waals surface area contributed by atoms with Crippen molar-refractivity contribution in [2.45, 2.75) is 13.3 Å². The minimum Gasteiger partial charge on any atom is -0.497 e. The van der Waals surface area contributed by atoms with Crippen LogP contribution >= 0.6 is 11.3 Å². The van der Waals surface area contributed by atoms with E-state index in [0.29, 0.717) is 40.3 Å². The molecule has 0 spiro atoms. The van der Waals surface area contributed by atoms with Crippen LogP contribution < -0.4 is 15.6 Å². The number of nitrogens with one attached hydrogen (secondary N) is 1. The smallest absolute Gasteiger partial charge is 0.266 e. The highest BCUT2D eigenvalue weighted by molar-refractivity contribution is 7.10. The number of benzene rings is 2. The Bertz CT molecular complexity index is 1230. The number of nitrogens with zero attached hydrogens (tertiary/aromatic N) is 2. The van der Waals surface area contributed by atoms with Gasteiger partial charge in [0, 0.05) is 10.6 Å². The Morgan fingerprint density at radius 2 is 1.97 bits per heavy atom. The van der Waals surface area contributed by atoms with Crippen molar-refractivity contribution >= 4 is 33.8 Å². The number of aromatic nitrogens is 2. The van der Waals surface area contributed by atoms with Gasteiger partial charge >= 0.3 is 0 Å². The van der Waals surface area contributed by atoms with Gasteiger partial charge in [-0.3, -0.25) is 14.2 Å². The Labute approximate surface area is 171 Å². The number of amides is 1. The van der Waals surface area contributed by atoms with Gasteiger partial charge in [0.25, 0.3) is 5.56 Å². The summed E-state index contributed by atoms with van der Waals surface area (Å²) in [6, 6.07) is 16.3. The van der Waals surface area contributed by atoms with Crippen LogP contribution in [0.1, 0.15) is 10.7 Å². The zero-order valence-electron chi connectivity index (χ0n) is 16.0. The fourth-order valence-corrected chi connectivity index (χ4v) is 3.89. The molecule has 146 valence electrons. The molecule has 6 nitrogen and oxygen atoms in total. The minimum absolute atomic E-state index is 0.123. The average Bonchev–Trinajstić information content (AvgIpc) is 3.22. The molecule has 1 amide bonds. The molecular weight excluding hydrogens is 386 g/mol. The number of hydrogen-bond donors (Lipinski definition) is 1. The van der Waals surface area contributed by atoms with Crippen LogP contribution in [-0.4, -0.2) is 22.6 Å². The molecule has 0 fully saturated rings. The van der Waals surface area contributed by atoms with E-state index in [1.807, 2.05) is 29.6 Å². The summed E-state index contributed by atoms with van der Waals surface area (Å²) in [5.74, 6) is 1.17. The molecule has 0 saturated carbocycles. The number of fused-ring (bicyclic) bond motifs is 1. The maximum absolute atomic E-state index is 13.2. The standard InChI is InChI=1S/C22H19N3O3S/c1-14-23-20-10-5-15(24-21(26)13-18-4-3-11-29-18)12-19(20)22(27)25(14)16-6-8-17(28-2)9-7-16/h3-12H,13H2,1-2H3,(H,24,26). The van der Waals surface area contributed by atoms with Crippen molar-refractivity contribution in [3.05, 3.63) is 81.0 Å². The molecule has 4 rings (SSSR count). The summed E-state index contributed by atoms with van der Waals surface area (Å²) < 4.78 is 6.74. The van der Waals surface area contributed by atoms with Crippen LogP contribution in [-0.2, 0) is 11.2 Å². The summed E-state index contributed by atoms with van der Waals surface area (Å²) in [6.07, 6.45) is 0.304. The second-order valence-corrected chi connectivity index (χ2v) is 7.57. The molecular formula is C22H19N3O3S. The number of anilines is 1. The Morgan fingerprint density at radius 3 is 2.66 bits per heavy atom. The van der Waals surface area contributed by atoms with Crippen LogP contribution in [0, 0.1) is 6.92 Å². The van der Waals surface area contributed by atoms with E-state index >= 15 is 0 Å². The van der Waals surface area contributed by atoms with Crippen LogP contribution in [0.15, 0.2) is 64.8 Å². The summed E-state index contributed by atoms with van der Waals surface area (Å²) in [6.45, 7) is 1.79. The number of carbonyl (C=O) groups is 1. The van der Waals surface area contributed by atoms with Crippen LogP contribution in [0.3, 0.4) is 0 Å². The maximum Gasteiger partial charge on any atom is 0.266 e. The van der Waals surface area contributed by atoms with Crippen LogP contribution in [0.2, 0.25) is 0 Å². The molecule has 0 radical (unpaired) electrons. The molecule has 4 aromatic rings. The second-order valence-electron chi connectivity index (χ2n) is 6.53. The summed E-state index contributed by atoms with van der Waals surface area (Å²) in [5, 5.41) is 5.25. The molecule has 0 unspecified atom stereocenters. The zero-order valence-corrected chi connectivity index (χ0v) is 16.8. The molecule has 0 aliphatic heterocycles. The fourth-order valence-electron chi connectivity index (χ4n) is 3.19. The zero-order chi connectivity index (χ0) is 20.4. The molecule has 0 aliphatic rings. The van der Waals surface area contributed by atoms with Crippen LogP contribution in [0.25, 0.3) is 16.6 Å². The topological polar surface area (TPSA) is 73.2 Å². The van der Waals surface area contributed by atoms with E-state index in [1.54, 1.807) is 48.9 Å². The second kappa shape index (κ2) is 7.89. The van der Waals surface area contributed by atoms with E-state index in [1.165, 1.54) is 11.3 Å². The van der Waals surface area contributed by atoms with Gasteiger partial charge in [0.1, 0.15) is 11.6 Å². The van der Waals surface area contributed by atoms with E-state index in [2.05, 4.69) is 10.3 Å². The molecule has 2 aromatic heterocycles. The number of rotatable bonds is 5. The first-order chi connectivity index (χ1) is 14.0. The van der Waals surface area contributed by atoms with Gasteiger partial charge in [0.05, 0.1) is 30.1 Å². The number of ether oxygens (including phenoxy) is 1. The monoisotopic (exact) mass is 405 g/mol.